The number of rotatable bonds is 8. The Labute approximate surface area is 150 Å². The summed E-state index contributed by atoms with van der Waals surface area (Å²) in [5.74, 6) is 0.428. The topological polar surface area (TPSA) is 58.1 Å². The zero-order chi connectivity index (χ0) is 18.2. The number of hydrogen-bond acceptors (Lipinski definition) is 4. The molecule has 0 saturated heterocycles. The third-order valence-corrected chi connectivity index (χ3v) is 4.13. The van der Waals surface area contributed by atoms with Gasteiger partial charge in [0, 0.05) is 25.0 Å². The molecule has 0 fully saturated rings. The lowest BCUT2D eigenvalue weighted by Gasteiger charge is -2.21. The summed E-state index contributed by atoms with van der Waals surface area (Å²) in [5.41, 5.74) is 3.80. The Morgan fingerprint density at radius 1 is 1.12 bits per heavy atom. The lowest BCUT2D eigenvalue weighted by atomic mass is 10.1. The van der Waals surface area contributed by atoms with Gasteiger partial charge in [-0.3, -0.25) is 4.79 Å². The lowest BCUT2D eigenvalue weighted by molar-refractivity contribution is 0.0749. The number of nitrogens with one attached hydrogen (secondary N) is 1. The fraction of sp³-hybridized carbons (Fsp3) is 0.450. The van der Waals surface area contributed by atoms with Gasteiger partial charge < -0.3 is 10.2 Å². The minimum absolute atomic E-state index is 0.0327. The van der Waals surface area contributed by atoms with Gasteiger partial charge in [-0.05, 0) is 43.4 Å². The van der Waals surface area contributed by atoms with E-state index in [-0.39, 0.29) is 5.91 Å². The van der Waals surface area contributed by atoms with Crippen molar-refractivity contribution in [2.45, 2.75) is 47.0 Å². The third-order valence-electron chi connectivity index (χ3n) is 4.13. The molecule has 25 heavy (non-hydrogen) atoms. The Balaban J connectivity index is 2.26. The molecule has 1 aromatic carbocycles. The van der Waals surface area contributed by atoms with Crippen LogP contribution in [0.4, 0.5) is 11.6 Å². The Kier molecular flexibility index (Phi) is 6.92. The summed E-state index contributed by atoms with van der Waals surface area (Å²) < 4.78 is 0. The number of carbonyl (C=O) groups excluding carboxylic acids is 1. The van der Waals surface area contributed by atoms with Gasteiger partial charge in [0.05, 0.1) is 0 Å². The van der Waals surface area contributed by atoms with Crippen LogP contribution >= 0.6 is 0 Å². The first-order chi connectivity index (χ1) is 12.1. The van der Waals surface area contributed by atoms with Crippen molar-refractivity contribution in [2.24, 2.45) is 0 Å². The van der Waals surface area contributed by atoms with Gasteiger partial charge in [0.2, 0.25) is 5.95 Å². The lowest BCUT2D eigenvalue weighted by Crippen LogP contribution is -2.33. The number of aryl methyl sites for hydroxylation is 2. The monoisotopic (exact) mass is 340 g/mol. The molecule has 0 atom stereocenters. The molecule has 0 bridgehead atoms. The maximum absolute atomic E-state index is 12.7. The molecule has 1 heterocycles. The highest BCUT2D eigenvalue weighted by atomic mass is 16.2. The van der Waals surface area contributed by atoms with Crippen molar-refractivity contribution in [1.82, 2.24) is 14.9 Å². The molecular weight excluding hydrogens is 312 g/mol. The Bertz CT molecular complexity index is 709. The van der Waals surface area contributed by atoms with Crippen LogP contribution in [0.2, 0.25) is 0 Å². The van der Waals surface area contributed by atoms with Crippen LogP contribution in [0.3, 0.4) is 0 Å². The van der Waals surface area contributed by atoms with Gasteiger partial charge in [0.15, 0.2) is 0 Å². The summed E-state index contributed by atoms with van der Waals surface area (Å²) in [7, 11) is 0. The third kappa shape index (κ3) is 4.78. The molecule has 0 saturated carbocycles. The number of amides is 1. The van der Waals surface area contributed by atoms with Crippen molar-refractivity contribution < 1.29 is 4.79 Å². The zero-order valence-corrected chi connectivity index (χ0v) is 15.7. The largest absolute Gasteiger partial charge is 0.337 e. The average molecular weight is 340 g/mol. The molecule has 1 N–H and O–H groups in total. The zero-order valence-electron chi connectivity index (χ0n) is 15.7. The second kappa shape index (κ2) is 9.16. The van der Waals surface area contributed by atoms with Gasteiger partial charge in [0.1, 0.15) is 5.69 Å². The number of hydrogen-bond donors (Lipinski definition) is 1. The van der Waals surface area contributed by atoms with Crippen molar-refractivity contribution in [1.29, 1.82) is 0 Å². The second-order valence-corrected chi connectivity index (χ2v) is 6.15. The normalized spacial score (nSPS) is 10.6. The molecule has 0 aliphatic rings. The number of anilines is 2. The average Bonchev–Trinajstić information content (AvgIpc) is 2.63. The molecule has 0 spiro atoms. The van der Waals surface area contributed by atoms with E-state index in [1.807, 2.05) is 11.0 Å². The Morgan fingerprint density at radius 2 is 1.84 bits per heavy atom. The fourth-order valence-corrected chi connectivity index (χ4v) is 2.87. The van der Waals surface area contributed by atoms with Gasteiger partial charge >= 0.3 is 0 Å². The van der Waals surface area contributed by atoms with E-state index in [0.717, 1.165) is 43.6 Å². The van der Waals surface area contributed by atoms with Crippen LogP contribution < -0.4 is 5.32 Å². The molecule has 0 aliphatic carbocycles. The van der Waals surface area contributed by atoms with Crippen molar-refractivity contribution in [3.8, 4) is 0 Å². The van der Waals surface area contributed by atoms with Crippen LogP contribution in [0.25, 0.3) is 0 Å². The first kappa shape index (κ1) is 18.9. The van der Waals surface area contributed by atoms with E-state index in [2.05, 4.69) is 55.1 Å². The van der Waals surface area contributed by atoms with E-state index < -0.39 is 0 Å². The summed E-state index contributed by atoms with van der Waals surface area (Å²) >= 11 is 0. The van der Waals surface area contributed by atoms with Crippen LogP contribution in [-0.4, -0.2) is 33.9 Å². The number of aromatic nitrogens is 2. The molecule has 1 aromatic heterocycles. The van der Waals surface area contributed by atoms with Crippen LogP contribution in [0.5, 0.6) is 0 Å². The minimum Gasteiger partial charge on any atom is -0.337 e. The Morgan fingerprint density at radius 3 is 2.48 bits per heavy atom. The second-order valence-electron chi connectivity index (χ2n) is 6.15. The maximum atomic E-state index is 12.7. The summed E-state index contributed by atoms with van der Waals surface area (Å²) in [6, 6.07) is 7.88. The van der Waals surface area contributed by atoms with Crippen molar-refractivity contribution in [3.63, 3.8) is 0 Å². The highest BCUT2D eigenvalue weighted by Gasteiger charge is 2.16. The van der Waals surface area contributed by atoms with Gasteiger partial charge in [-0.15, -0.1) is 0 Å². The molecular formula is C20H28N4O. The number of nitrogens with zero attached hydrogens (tertiary/aromatic N) is 3. The summed E-state index contributed by atoms with van der Waals surface area (Å²) in [6.07, 6.45) is 4.43. The highest BCUT2D eigenvalue weighted by molar-refractivity contribution is 5.92. The molecule has 2 rings (SSSR count). The van der Waals surface area contributed by atoms with E-state index in [1.54, 1.807) is 12.3 Å². The molecule has 0 aliphatic heterocycles. The minimum atomic E-state index is -0.0327. The standard InChI is InChI=1S/C20H28N4O/c1-5-13-24(14-6-2)19(25)17-11-12-21-20(22-17)23-18-15(4)9-8-10-16(18)7-3/h8-12H,5-7,13-14H2,1-4H3,(H,21,22,23). The predicted molar refractivity (Wildman–Crippen MR) is 102 cm³/mol. The number of benzene rings is 1. The number of para-hydroxylation sites is 1. The summed E-state index contributed by atoms with van der Waals surface area (Å²) in [4.78, 5) is 23.3. The smallest absolute Gasteiger partial charge is 0.272 e. The van der Waals surface area contributed by atoms with Gasteiger partial charge in [-0.25, -0.2) is 9.97 Å². The van der Waals surface area contributed by atoms with E-state index >= 15 is 0 Å². The van der Waals surface area contributed by atoms with E-state index in [4.69, 9.17) is 0 Å². The van der Waals surface area contributed by atoms with E-state index in [9.17, 15) is 4.79 Å². The first-order valence-electron chi connectivity index (χ1n) is 9.08. The van der Waals surface area contributed by atoms with Crippen LogP contribution in [-0.2, 0) is 6.42 Å². The maximum Gasteiger partial charge on any atom is 0.272 e. The van der Waals surface area contributed by atoms with Crippen LogP contribution in [0, 0.1) is 6.92 Å². The van der Waals surface area contributed by atoms with Crippen molar-refractivity contribution in [3.05, 3.63) is 47.3 Å². The predicted octanol–water partition coefficient (Wildman–Crippen LogP) is 4.35. The fourth-order valence-electron chi connectivity index (χ4n) is 2.87. The molecule has 0 unspecified atom stereocenters. The molecule has 5 heteroatoms. The van der Waals surface area contributed by atoms with Gasteiger partial charge in [-0.2, -0.15) is 0 Å². The van der Waals surface area contributed by atoms with Crippen molar-refractivity contribution >= 4 is 17.5 Å². The SMILES string of the molecule is CCCN(CCC)C(=O)c1ccnc(Nc2c(C)cccc2CC)n1. The van der Waals surface area contributed by atoms with Crippen molar-refractivity contribution in [2.75, 3.05) is 18.4 Å². The summed E-state index contributed by atoms with van der Waals surface area (Å²) in [5, 5.41) is 3.30. The molecule has 1 amide bonds. The van der Waals surface area contributed by atoms with E-state index in [0.29, 0.717) is 11.6 Å². The molecule has 0 radical (unpaired) electrons. The highest BCUT2D eigenvalue weighted by Crippen LogP contribution is 2.23. The van der Waals surface area contributed by atoms with Gasteiger partial charge in [-0.1, -0.05) is 39.0 Å². The van der Waals surface area contributed by atoms with Crippen LogP contribution in [0.15, 0.2) is 30.5 Å². The first-order valence-corrected chi connectivity index (χ1v) is 9.08. The molecule has 134 valence electrons. The summed E-state index contributed by atoms with van der Waals surface area (Å²) in [6.45, 7) is 9.82. The molecule has 5 nitrogen and oxygen atoms in total. The van der Waals surface area contributed by atoms with Crippen LogP contribution in [0.1, 0.15) is 55.2 Å². The number of carbonyl (C=O) groups is 1. The van der Waals surface area contributed by atoms with E-state index in [1.165, 1.54) is 5.56 Å². The Hall–Kier alpha value is -2.43. The van der Waals surface area contributed by atoms with Gasteiger partial charge in [0.25, 0.3) is 5.91 Å². The quantitative estimate of drug-likeness (QED) is 0.776. The molecule has 2 aromatic rings.